The van der Waals surface area contributed by atoms with Crippen molar-refractivity contribution in [3.8, 4) is 0 Å². The number of rotatable bonds is 3. The predicted molar refractivity (Wildman–Crippen MR) is 67.8 cm³/mol. The van der Waals surface area contributed by atoms with Gasteiger partial charge in [-0.25, -0.2) is 0 Å². The minimum absolute atomic E-state index is 0.0232. The lowest BCUT2D eigenvalue weighted by Crippen LogP contribution is -2.36. The maximum absolute atomic E-state index is 12.0. The Hall–Kier alpha value is -1.56. The lowest BCUT2D eigenvalue weighted by Gasteiger charge is -2.13. The Bertz CT molecular complexity index is 483. The van der Waals surface area contributed by atoms with Crippen LogP contribution in [-0.4, -0.2) is 17.0 Å². The van der Waals surface area contributed by atoms with Crippen LogP contribution in [0.2, 0.25) is 0 Å². The standard InChI is InChI=1S/C11H12BrN3O2/c12-7-2-1-3-8(6-7)14-10(16)11(4-5-11)9(13)15-17/h1-3,6,17H,4-5H2,(H2,13,15)(H,14,16). The number of benzene rings is 1. The van der Waals surface area contributed by atoms with E-state index in [0.717, 1.165) is 4.47 Å². The highest BCUT2D eigenvalue weighted by molar-refractivity contribution is 9.10. The molecule has 90 valence electrons. The van der Waals surface area contributed by atoms with Crippen molar-refractivity contribution in [2.24, 2.45) is 16.3 Å². The zero-order valence-electron chi connectivity index (χ0n) is 8.98. The molecule has 17 heavy (non-hydrogen) atoms. The number of hydrogen-bond donors (Lipinski definition) is 3. The van der Waals surface area contributed by atoms with Crippen molar-refractivity contribution in [3.05, 3.63) is 28.7 Å². The number of anilines is 1. The summed E-state index contributed by atoms with van der Waals surface area (Å²) in [6, 6.07) is 7.26. The molecule has 0 unspecified atom stereocenters. The summed E-state index contributed by atoms with van der Waals surface area (Å²) >= 11 is 3.32. The van der Waals surface area contributed by atoms with Gasteiger partial charge in [-0.05, 0) is 31.0 Å². The van der Waals surface area contributed by atoms with Gasteiger partial charge >= 0.3 is 0 Å². The number of carbonyl (C=O) groups excluding carboxylic acids is 1. The van der Waals surface area contributed by atoms with Gasteiger partial charge in [0.25, 0.3) is 0 Å². The summed E-state index contributed by atoms with van der Waals surface area (Å²) in [4.78, 5) is 12.0. The normalized spacial score (nSPS) is 17.6. The van der Waals surface area contributed by atoms with Crippen LogP contribution in [0.3, 0.4) is 0 Å². The summed E-state index contributed by atoms with van der Waals surface area (Å²) in [5.41, 5.74) is 5.39. The van der Waals surface area contributed by atoms with Gasteiger partial charge in [-0.15, -0.1) is 0 Å². The third-order valence-corrected chi connectivity index (χ3v) is 3.36. The molecule has 1 fully saturated rings. The van der Waals surface area contributed by atoms with Crippen LogP contribution in [0.4, 0.5) is 5.69 Å². The van der Waals surface area contributed by atoms with Crippen LogP contribution in [-0.2, 0) is 4.79 Å². The van der Waals surface area contributed by atoms with Crippen LogP contribution >= 0.6 is 15.9 Å². The largest absolute Gasteiger partial charge is 0.409 e. The molecule has 1 saturated carbocycles. The fourth-order valence-electron chi connectivity index (χ4n) is 1.64. The van der Waals surface area contributed by atoms with Crippen LogP contribution < -0.4 is 11.1 Å². The minimum Gasteiger partial charge on any atom is -0.409 e. The average molecular weight is 298 g/mol. The summed E-state index contributed by atoms with van der Waals surface area (Å²) in [5.74, 6) is -0.254. The van der Waals surface area contributed by atoms with Gasteiger partial charge in [0.05, 0.1) is 0 Å². The highest BCUT2D eigenvalue weighted by Crippen LogP contribution is 2.46. The molecule has 0 saturated heterocycles. The fraction of sp³-hybridized carbons (Fsp3) is 0.273. The number of amides is 1. The van der Waals surface area contributed by atoms with E-state index in [0.29, 0.717) is 18.5 Å². The van der Waals surface area contributed by atoms with Crippen molar-refractivity contribution in [1.82, 2.24) is 0 Å². The summed E-state index contributed by atoms with van der Waals surface area (Å²) < 4.78 is 0.879. The highest BCUT2D eigenvalue weighted by atomic mass is 79.9. The van der Waals surface area contributed by atoms with Gasteiger partial charge in [-0.3, -0.25) is 4.79 Å². The second-order valence-corrected chi connectivity index (χ2v) is 4.95. The summed E-state index contributed by atoms with van der Waals surface area (Å²) in [6.07, 6.45) is 1.23. The van der Waals surface area contributed by atoms with E-state index in [2.05, 4.69) is 26.4 Å². The van der Waals surface area contributed by atoms with Gasteiger partial charge in [0.15, 0.2) is 5.84 Å². The molecule has 1 aromatic carbocycles. The molecule has 0 aliphatic heterocycles. The van der Waals surface area contributed by atoms with Crippen molar-refractivity contribution in [3.63, 3.8) is 0 Å². The number of halogens is 1. The quantitative estimate of drug-likeness (QED) is 0.345. The van der Waals surface area contributed by atoms with E-state index < -0.39 is 5.41 Å². The smallest absolute Gasteiger partial charge is 0.238 e. The van der Waals surface area contributed by atoms with E-state index >= 15 is 0 Å². The molecule has 0 radical (unpaired) electrons. The highest BCUT2D eigenvalue weighted by Gasteiger charge is 2.54. The Morgan fingerprint density at radius 1 is 1.53 bits per heavy atom. The molecule has 6 heteroatoms. The van der Waals surface area contributed by atoms with Crippen molar-refractivity contribution in [1.29, 1.82) is 0 Å². The lowest BCUT2D eigenvalue weighted by molar-refractivity contribution is -0.119. The number of nitrogens with one attached hydrogen (secondary N) is 1. The first-order valence-electron chi connectivity index (χ1n) is 5.13. The van der Waals surface area contributed by atoms with E-state index in [1.807, 2.05) is 12.1 Å². The Morgan fingerprint density at radius 2 is 2.24 bits per heavy atom. The molecule has 0 atom stereocenters. The Balaban J connectivity index is 2.13. The maximum Gasteiger partial charge on any atom is 0.238 e. The van der Waals surface area contributed by atoms with E-state index in [1.165, 1.54) is 0 Å². The predicted octanol–water partition coefficient (Wildman–Crippen LogP) is 1.91. The van der Waals surface area contributed by atoms with Crippen LogP contribution in [0.5, 0.6) is 0 Å². The van der Waals surface area contributed by atoms with Gasteiger partial charge < -0.3 is 16.3 Å². The van der Waals surface area contributed by atoms with Crippen molar-refractivity contribution in [2.75, 3.05) is 5.32 Å². The van der Waals surface area contributed by atoms with E-state index in [-0.39, 0.29) is 11.7 Å². The van der Waals surface area contributed by atoms with Crippen LogP contribution in [0, 0.1) is 5.41 Å². The first kappa shape index (κ1) is 11.9. The zero-order chi connectivity index (χ0) is 12.5. The molecule has 1 amide bonds. The second kappa shape index (κ2) is 4.37. The number of oxime groups is 1. The van der Waals surface area contributed by atoms with Crippen molar-refractivity contribution >= 4 is 33.4 Å². The molecule has 1 aliphatic rings. The molecule has 2 rings (SSSR count). The zero-order valence-corrected chi connectivity index (χ0v) is 10.6. The fourth-order valence-corrected chi connectivity index (χ4v) is 2.04. The SMILES string of the molecule is N/C(=N/O)C1(C(=O)Nc2cccc(Br)c2)CC1. The Morgan fingerprint density at radius 3 is 2.76 bits per heavy atom. The number of nitrogens with two attached hydrogens (primary N) is 1. The minimum atomic E-state index is -0.822. The molecular weight excluding hydrogens is 286 g/mol. The summed E-state index contributed by atoms with van der Waals surface area (Å²) in [5, 5.41) is 14.3. The monoisotopic (exact) mass is 297 g/mol. The Labute approximate surface area is 107 Å². The van der Waals surface area contributed by atoms with Gasteiger partial charge in [0.2, 0.25) is 5.91 Å². The van der Waals surface area contributed by atoms with Crippen molar-refractivity contribution in [2.45, 2.75) is 12.8 Å². The van der Waals surface area contributed by atoms with Gasteiger partial charge in [0.1, 0.15) is 5.41 Å². The number of carbonyl (C=O) groups is 1. The van der Waals surface area contributed by atoms with Gasteiger partial charge in [-0.1, -0.05) is 27.2 Å². The van der Waals surface area contributed by atoms with Gasteiger partial charge in [0, 0.05) is 10.2 Å². The molecular formula is C11H12BrN3O2. The number of hydrogen-bond acceptors (Lipinski definition) is 3. The molecule has 5 nitrogen and oxygen atoms in total. The first-order chi connectivity index (χ1) is 8.08. The summed E-state index contributed by atoms with van der Waals surface area (Å²) in [6.45, 7) is 0. The Kier molecular flexibility index (Phi) is 3.06. The third kappa shape index (κ3) is 2.26. The molecule has 1 aromatic rings. The van der Waals surface area contributed by atoms with Crippen LogP contribution in [0.15, 0.2) is 33.9 Å². The first-order valence-corrected chi connectivity index (χ1v) is 5.93. The van der Waals surface area contributed by atoms with Gasteiger partial charge in [-0.2, -0.15) is 0 Å². The third-order valence-electron chi connectivity index (χ3n) is 2.87. The molecule has 1 aliphatic carbocycles. The number of amidine groups is 1. The molecule has 4 N–H and O–H groups in total. The van der Waals surface area contributed by atoms with E-state index in [9.17, 15) is 4.79 Å². The van der Waals surface area contributed by atoms with E-state index in [4.69, 9.17) is 10.9 Å². The van der Waals surface area contributed by atoms with Crippen LogP contribution in [0.25, 0.3) is 0 Å². The van der Waals surface area contributed by atoms with Crippen molar-refractivity contribution < 1.29 is 10.0 Å². The number of nitrogens with zero attached hydrogens (tertiary/aromatic N) is 1. The molecule has 0 heterocycles. The molecule has 0 aromatic heterocycles. The lowest BCUT2D eigenvalue weighted by atomic mass is 10.1. The molecule has 0 spiro atoms. The average Bonchev–Trinajstić information content (AvgIpc) is 3.09. The summed E-state index contributed by atoms with van der Waals surface area (Å²) in [7, 11) is 0. The molecule has 0 bridgehead atoms. The van der Waals surface area contributed by atoms with Crippen LogP contribution in [0.1, 0.15) is 12.8 Å². The second-order valence-electron chi connectivity index (χ2n) is 4.03. The van der Waals surface area contributed by atoms with E-state index in [1.54, 1.807) is 12.1 Å². The topological polar surface area (TPSA) is 87.7 Å². The maximum atomic E-state index is 12.0.